The monoisotopic (exact) mass is 574 g/mol. The highest BCUT2D eigenvalue weighted by Gasteiger charge is 2.23. The molecule has 1 N–H and O–H groups in total. The third-order valence-electron chi connectivity index (χ3n) is 7.05. The number of aromatic nitrogens is 1. The van der Waals surface area contributed by atoms with E-state index in [2.05, 4.69) is 9.88 Å². The normalized spacial score (nSPS) is 16.7. The van der Waals surface area contributed by atoms with Crippen molar-refractivity contribution >= 4 is 30.9 Å². The lowest BCUT2D eigenvalue weighted by Crippen LogP contribution is -2.37. The molecule has 210 valence electrons. The Labute approximate surface area is 240 Å². The Morgan fingerprint density at radius 1 is 1.18 bits per heavy atom. The minimum Gasteiger partial charge on any atom is -0.490 e. The molecule has 5 rings (SSSR count). The number of benzene rings is 2. The van der Waals surface area contributed by atoms with Gasteiger partial charge < -0.3 is 23.7 Å². The Morgan fingerprint density at radius 2 is 1.97 bits per heavy atom. The van der Waals surface area contributed by atoms with Gasteiger partial charge in [0.25, 0.3) is 0 Å². The van der Waals surface area contributed by atoms with Crippen molar-refractivity contribution in [1.82, 2.24) is 9.88 Å². The van der Waals surface area contributed by atoms with Crippen LogP contribution in [0.4, 0.5) is 0 Å². The summed E-state index contributed by atoms with van der Waals surface area (Å²) >= 11 is 6.63. The summed E-state index contributed by atoms with van der Waals surface area (Å²) in [4.78, 5) is 18.8. The van der Waals surface area contributed by atoms with E-state index in [9.17, 15) is 9.90 Å². The second kappa shape index (κ2) is 14.2. The molecule has 1 fully saturated rings. The van der Waals surface area contributed by atoms with Crippen molar-refractivity contribution in [3.8, 4) is 11.5 Å². The topological polar surface area (TPSA) is 94.3 Å². The number of carbonyl (C=O) groups is 1. The molecule has 0 spiro atoms. The minimum atomic E-state index is -0.586. The molecule has 1 atom stereocenters. The zero-order valence-electron chi connectivity index (χ0n) is 21.8. The van der Waals surface area contributed by atoms with E-state index in [0.717, 1.165) is 55.9 Å². The molecule has 3 heterocycles. The van der Waals surface area contributed by atoms with Gasteiger partial charge in [0.2, 0.25) is 0 Å². The lowest BCUT2D eigenvalue weighted by atomic mass is 9.98. The van der Waals surface area contributed by atoms with Crippen molar-refractivity contribution in [3.63, 3.8) is 0 Å². The van der Waals surface area contributed by atoms with Crippen molar-refractivity contribution in [2.45, 2.75) is 57.5 Å². The number of halogens is 1. The van der Waals surface area contributed by atoms with Gasteiger partial charge in [-0.1, -0.05) is 17.7 Å². The number of nitrogens with zero attached hydrogens (tertiary/aromatic N) is 2. The second-order valence-electron chi connectivity index (χ2n) is 9.83. The van der Waals surface area contributed by atoms with Gasteiger partial charge in [-0.3, -0.25) is 9.69 Å². The lowest BCUT2D eigenvalue weighted by molar-refractivity contribution is 0.0255. The van der Waals surface area contributed by atoms with Crippen LogP contribution in [0.2, 0.25) is 5.02 Å². The van der Waals surface area contributed by atoms with E-state index in [1.807, 2.05) is 24.3 Å². The highest BCUT2D eigenvalue weighted by molar-refractivity contribution is 7.59. The van der Waals surface area contributed by atoms with Gasteiger partial charge in [-0.05, 0) is 54.3 Å². The fourth-order valence-electron chi connectivity index (χ4n) is 4.91. The Bertz CT molecular complexity index is 1200. The quantitative estimate of drug-likeness (QED) is 0.321. The van der Waals surface area contributed by atoms with Crippen LogP contribution in [0, 0.1) is 0 Å². The molecular weight excluding hydrogens is 540 g/mol. The number of aliphatic hydroxyl groups is 1. The van der Waals surface area contributed by atoms with Crippen LogP contribution in [0.3, 0.4) is 0 Å². The first-order chi connectivity index (χ1) is 18.5. The zero-order valence-corrected chi connectivity index (χ0v) is 23.6. The van der Waals surface area contributed by atoms with E-state index in [1.165, 1.54) is 6.39 Å². The van der Waals surface area contributed by atoms with Crippen LogP contribution in [0.5, 0.6) is 11.5 Å². The first-order valence-corrected chi connectivity index (χ1v) is 13.5. The summed E-state index contributed by atoms with van der Waals surface area (Å²) in [7, 11) is 0. The average molecular weight is 575 g/mol. The van der Waals surface area contributed by atoms with Gasteiger partial charge in [-0.25, -0.2) is 4.98 Å². The van der Waals surface area contributed by atoms with Crippen LogP contribution in [-0.4, -0.2) is 59.3 Å². The Kier molecular flexibility index (Phi) is 10.7. The minimum absolute atomic E-state index is 0. The maximum atomic E-state index is 12.7. The van der Waals surface area contributed by atoms with Gasteiger partial charge >= 0.3 is 0 Å². The first kappa shape index (κ1) is 29.4. The fraction of sp³-hybridized carbons (Fsp3) is 0.448. The van der Waals surface area contributed by atoms with Crippen molar-refractivity contribution in [2.24, 2.45) is 0 Å². The van der Waals surface area contributed by atoms with Gasteiger partial charge in [0.1, 0.15) is 24.2 Å². The predicted molar refractivity (Wildman–Crippen MR) is 152 cm³/mol. The summed E-state index contributed by atoms with van der Waals surface area (Å²) in [5.74, 6) is 2.05. The summed E-state index contributed by atoms with van der Waals surface area (Å²) in [6.07, 6.45) is 5.80. The summed E-state index contributed by atoms with van der Waals surface area (Å²) in [5, 5.41) is 11.3. The molecule has 10 heteroatoms. The number of hydrogen-bond acceptors (Lipinski definition) is 8. The molecule has 0 saturated carbocycles. The average Bonchev–Trinajstić information content (AvgIpc) is 3.46. The molecule has 0 bridgehead atoms. The molecule has 0 aliphatic carbocycles. The summed E-state index contributed by atoms with van der Waals surface area (Å²) < 4.78 is 22.4. The number of β-amino-alcohol motifs (C(OH)–C–C–N with tert-alkyl or cyclic N) is 1. The number of carbonyl (C=O) groups excluding carboxylic acids is 1. The Morgan fingerprint density at radius 3 is 2.72 bits per heavy atom. The van der Waals surface area contributed by atoms with Crippen LogP contribution in [0.1, 0.15) is 52.9 Å². The number of oxazole rings is 1. The van der Waals surface area contributed by atoms with E-state index >= 15 is 0 Å². The number of Topliss-reactive ketones (excluding diaryl/α,β-unsaturated/α-hetero) is 1. The van der Waals surface area contributed by atoms with Crippen LogP contribution < -0.4 is 9.47 Å². The third kappa shape index (κ3) is 7.99. The summed E-state index contributed by atoms with van der Waals surface area (Å²) in [5.41, 5.74) is 2.84. The number of hydrogen-bond donors (Lipinski definition) is 1. The maximum absolute atomic E-state index is 12.7. The van der Waals surface area contributed by atoms with Crippen molar-refractivity contribution in [2.75, 3.05) is 26.3 Å². The van der Waals surface area contributed by atoms with Gasteiger partial charge in [-0.2, -0.15) is 13.5 Å². The van der Waals surface area contributed by atoms with Gasteiger partial charge in [0.05, 0.1) is 30.5 Å². The molecule has 2 aliphatic rings. The number of fused-ring (bicyclic) bond motifs is 1. The molecule has 1 saturated heterocycles. The smallest absolute Gasteiger partial charge is 0.181 e. The van der Waals surface area contributed by atoms with E-state index < -0.39 is 6.10 Å². The van der Waals surface area contributed by atoms with Crippen LogP contribution in [0.25, 0.3) is 0 Å². The number of ketones is 1. The van der Waals surface area contributed by atoms with Crippen molar-refractivity contribution in [1.29, 1.82) is 0 Å². The van der Waals surface area contributed by atoms with Crippen LogP contribution >= 0.6 is 25.1 Å². The standard InChI is InChI=1S/C29H33ClN2O6.H2S/c30-29-26-9-12-32(16-21(26)3-8-28(29)36-18-25-15-31-19-37-25)17-22(33)4-7-27(34)20-1-5-23(6-2-20)38-24-10-13-35-14-11-24;/h1-3,5-6,8,15,19,22,24,33H,4,7,9-14,16-18H2;1H2/t22-;/m0./s1. The van der Waals surface area contributed by atoms with Crippen LogP contribution in [-0.2, 0) is 24.3 Å². The zero-order chi connectivity index (χ0) is 26.3. The first-order valence-electron chi connectivity index (χ1n) is 13.1. The van der Waals surface area contributed by atoms with E-state index in [0.29, 0.717) is 48.0 Å². The molecule has 2 aliphatic heterocycles. The van der Waals surface area contributed by atoms with Gasteiger partial charge in [0.15, 0.2) is 17.9 Å². The molecule has 0 amide bonds. The fourth-order valence-corrected chi connectivity index (χ4v) is 5.25. The van der Waals surface area contributed by atoms with E-state index in [4.69, 9.17) is 30.2 Å². The third-order valence-corrected chi connectivity index (χ3v) is 7.47. The van der Waals surface area contributed by atoms with Gasteiger partial charge in [0, 0.05) is 44.5 Å². The largest absolute Gasteiger partial charge is 0.490 e. The molecule has 0 unspecified atom stereocenters. The SMILES string of the molecule is O=C(CC[C@H](O)CN1CCc2c(ccc(OCc3cnco3)c2Cl)C1)c1ccc(OC2CCOCC2)cc1.S. The van der Waals surface area contributed by atoms with E-state index in [1.54, 1.807) is 18.3 Å². The molecule has 8 nitrogen and oxygen atoms in total. The molecule has 3 aromatic rings. The number of aliphatic hydroxyl groups excluding tert-OH is 1. The van der Waals surface area contributed by atoms with Crippen molar-refractivity contribution < 1.29 is 28.5 Å². The second-order valence-corrected chi connectivity index (χ2v) is 10.2. The molecule has 2 aromatic carbocycles. The predicted octanol–water partition coefficient (Wildman–Crippen LogP) is 4.96. The molecular formula is C29H35ClN2O6S. The Balaban J connectivity index is 0.00000353. The summed E-state index contributed by atoms with van der Waals surface area (Å²) in [6, 6.07) is 11.2. The lowest BCUT2D eigenvalue weighted by Gasteiger charge is -2.31. The molecule has 0 radical (unpaired) electrons. The number of ether oxygens (including phenoxy) is 3. The highest BCUT2D eigenvalue weighted by atomic mass is 35.5. The number of rotatable bonds is 11. The van der Waals surface area contributed by atoms with E-state index in [-0.39, 0.29) is 32.0 Å². The highest BCUT2D eigenvalue weighted by Crippen LogP contribution is 2.34. The maximum Gasteiger partial charge on any atom is 0.181 e. The Hall–Kier alpha value is -2.56. The van der Waals surface area contributed by atoms with Crippen molar-refractivity contribution in [3.05, 3.63) is 76.5 Å². The molecule has 1 aromatic heterocycles. The van der Waals surface area contributed by atoms with Gasteiger partial charge in [-0.15, -0.1) is 0 Å². The van der Waals surface area contributed by atoms with Crippen LogP contribution in [0.15, 0.2) is 53.4 Å². The summed E-state index contributed by atoms with van der Waals surface area (Å²) in [6.45, 7) is 3.69. The molecule has 39 heavy (non-hydrogen) atoms.